The summed E-state index contributed by atoms with van der Waals surface area (Å²) >= 11 is 5.87. The molecule has 0 aliphatic rings. The number of hydrogen-bond acceptors (Lipinski definition) is 5. The van der Waals surface area contributed by atoms with Crippen LogP contribution in [-0.2, 0) is 0 Å². The van der Waals surface area contributed by atoms with E-state index in [4.69, 9.17) is 21.1 Å². The Labute approximate surface area is 179 Å². The summed E-state index contributed by atoms with van der Waals surface area (Å²) in [6, 6.07) is 20.0. The van der Waals surface area contributed by atoms with Crippen LogP contribution in [0.25, 0.3) is 0 Å². The molecule has 152 valence electrons. The van der Waals surface area contributed by atoms with Gasteiger partial charge in [-0.2, -0.15) is 5.10 Å². The fourth-order valence-electron chi connectivity index (χ4n) is 2.50. The molecule has 0 aliphatic carbocycles. The van der Waals surface area contributed by atoms with E-state index in [0.717, 1.165) is 5.56 Å². The van der Waals surface area contributed by atoms with E-state index in [9.17, 15) is 9.59 Å². The van der Waals surface area contributed by atoms with Crippen LogP contribution >= 0.6 is 11.6 Å². The predicted molar refractivity (Wildman–Crippen MR) is 116 cm³/mol. The number of halogens is 1. The van der Waals surface area contributed by atoms with E-state index in [2.05, 4.69) is 10.5 Å². The Morgan fingerprint density at radius 3 is 2.33 bits per heavy atom. The SMILES string of the molecule is CCOc1ccc(C(=O)Oc2ccc(/C=N\NC(=O)c3cccc(Cl)c3)cc2)cc1. The van der Waals surface area contributed by atoms with Crippen molar-refractivity contribution in [3.05, 3.63) is 94.5 Å². The van der Waals surface area contributed by atoms with Crippen molar-refractivity contribution in [1.82, 2.24) is 5.43 Å². The second kappa shape index (κ2) is 10.2. The minimum absolute atomic E-state index is 0.366. The number of rotatable bonds is 7. The lowest BCUT2D eigenvalue weighted by molar-refractivity contribution is 0.0734. The first-order valence-electron chi connectivity index (χ1n) is 9.19. The fourth-order valence-corrected chi connectivity index (χ4v) is 2.69. The summed E-state index contributed by atoms with van der Waals surface area (Å²) in [4.78, 5) is 24.2. The predicted octanol–water partition coefficient (Wildman–Crippen LogP) is 4.72. The molecule has 0 fully saturated rings. The van der Waals surface area contributed by atoms with E-state index in [1.807, 2.05) is 6.92 Å². The first-order chi connectivity index (χ1) is 14.5. The van der Waals surface area contributed by atoms with Gasteiger partial charge in [0.2, 0.25) is 0 Å². The number of carbonyl (C=O) groups excluding carboxylic acids is 2. The zero-order valence-electron chi connectivity index (χ0n) is 16.2. The van der Waals surface area contributed by atoms with Gasteiger partial charge in [0.05, 0.1) is 18.4 Å². The van der Waals surface area contributed by atoms with E-state index in [-0.39, 0.29) is 5.91 Å². The molecule has 30 heavy (non-hydrogen) atoms. The quantitative estimate of drug-likeness (QED) is 0.258. The number of nitrogens with one attached hydrogen (secondary N) is 1. The summed E-state index contributed by atoms with van der Waals surface area (Å²) in [5, 5.41) is 4.40. The van der Waals surface area contributed by atoms with Crippen LogP contribution in [-0.4, -0.2) is 24.7 Å². The molecule has 0 saturated carbocycles. The average Bonchev–Trinajstić information content (AvgIpc) is 2.75. The van der Waals surface area contributed by atoms with Crippen LogP contribution in [0.3, 0.4) is 0 Å². The maximum absolute atomic E-state index is 12.2. The third-order valence-corrected chi connectivity index (χ3v) is 4.19. The summed E-state index contributed by atoms with van der Waals surface area (Å²) in [6.45, 7) is 2.45. The van der Waals surface area contributed by atoms with Gasteiger partial charge in [0.1, 0.15) is 11.5 Å². The van der Waals surface area contributed by atoms with Crippen molar-refractivity contribution >= 4 is 29.7 Å². The molecule has 1 amide bonds. The Morgan fingerprint density at radius 1 is 0.967 bits per heavy atom. The molecular weight excluding hydrogens is 404 g/mol. The van der Waals surface area contributed by atoms with Gasteiger partial charge in [-0.05, 0) is 79.2 Å². The number of ether oxygens (including phenoxy) is 2. The standard InChI is InChI=1S/C23H19ClN2O4/c1-2-29-20-12-8-17(9-13-20)23(28)30-21-10-6-16(7-11-21)15-25-26-22(27)18-4-3-5-19(24)14-18/h3-15H,2H2,1H3,(H,26,27)/b25-15-. The number of amides is 1. The number of esters is 1. The third kappa shape index (κ3) is 5.93. The first-order valence-corrected chi connectivity index (χ1v) is 9.57. The molecular formula is C23H19ClN2O4. The monoisotopic (exact) mass is 422 g/mol. The second-order valence-electron chi connectivity index (χ2n) is 6.13. The van der Waals surface area contributed by atoms with Gasteiger partial charge >= 0.3 is 5.97 Å². The van der Waals surface area contributed by atoms with E-state index >= 15 is 0 Å². The zero-order valence-corrected chi connectivity index (χ0v) is 16.9. The molecule has 7 heteroatoms. The van der Waals surface area contributed by atoms with Crippen LogP contribution < -0.4 is 14.9 Å². The van der Waals surface area contributed by atoms with Gasteiger partial charge in [-0.15, -0.1) is 0 Å². The van der Waals surface area contributed by atoms with Crippen LogP contribution in [0.1, 0.15) is 33.2 Å². The molecule has 3 aromatic rings. The summed E-state index contributed by atoms with van der Waals surface area (Å²) in [5.41, 5.74) is 3.99. The summed E-state index contributed by atoms with van der Waals surface area (Å²) in [7, 11) is 0. The van der Waals surface area contributed by atoms with Gasteiger partial charge in [0.25, 0.3) is 5.91 Å². The van der Waals surface area contributed by atoms with Crippen LogP contribution in [0.2, 0.25) is 5.02 Å². The molecule has 6 nitrogen and oxygen atoms in total. The number of carbonyl (C=O) groups is 2. The van der Waals surface area contributed by atoms with Crippen molar-refractivity contribution in [3.63, 3.8) is 0 Å². The largest absolute Gasteiger partial charge is 0.494 e. The molecule has 0 bridgehead atoms. The number of hydrogen-bond donors (Lipinski definition) is 1. The molecule has 0 saturated heterocycles. The highest BCUT2D eigenvalue weighted by atomic mass is 35.5. The lowest BCUT2D eigenvalue weighted by Crippen LogP contribution is -2.17. The Hall–Kier alpha value is -3.64. The van der Waals surface area contributed by atoms with Crippen LogP contribution in [0.5, 0.6) is 11.5 Å². The number of hydrazone groups is 1. The van der Waals surface area contributed by atoms with Crippen LogP contribution in [0, 0.1) is 0 Å². The van der Waals surface area contributed by atoms with Crippen molar-refractivity contribution in [2.75, 3.05) is 6.61 Å². The zero-order chi connectivity index (χ0) is 21.3. The highest BCUT2D eigenvalue weighted by molar-refractivity contribution is 6.30. The highest BCUT2D eigenvalue weighted by Gasteiger charge is 2.09. The Bertz CT molecular complexity index is 1050. The second-order valence-corrected chi connectivity index (χ2v) is 6.56. The van der Waals surface area contributed by atoms with Gasteiger partial charge in [0, 0.05) is 10.6 Å². The van der Waals surface area contributed by atoms with Gasteiger partial charge < -0.3 is 9.47 Å². The van der Waals surface area contributed by atoms with E-state index < -0.39 is 5.97 Å². The first kappa shape index (κ1) is 21.1. The van der Waals surface area contributed by atoms with Crippen LogP contribution in [0.4, 0.5) is 0 Å². The highest BCUT2D eigenvalue weighted by Crippen LogP contribution is 2.16. The lowest BCUT2D eigenvalue weighted by Gasteiger charge is -2.06. The number of benzene rings is 3. The van der Waals surface area contributed by atoms with Gasteiger partial charge in [0.15, 0.2) is 0 Å². The van der Waals surface area contributed by atoms with Crippen molar-refractivity contribution in [3.8, 4) is 11.5 Å². The maximum Gasteiger partial charge on any atom is 0.343 e. The van der Waals surface area contributed by atoms with Crippen molar-refractivity contribution in [2.45, 2.75) is 6.92 Å². The Kier molecular flexibility index (Phi) is 7.19. The average molecular weight is 423 g/mol. The molecule has 0 unspecified atom stereocenters. The molecule has 1 N–H and O–H groups in total. The van der Waals surface area contributed by atoms with Crippen molar-refractivity contribution in [2.24, 2.45) is 5.10 Å². The Balaban J connectivity index is 1.54. The normalized spacial score (nSPS) is 10.6. The third-order valence-electron chi connectivity index (χ3n) is 3.96. The molecule has 0 aliphatic heterocycles. The van der Waals surface area contributed by atoms with E-state index in [1.54, 1.807) is 72.8 Å². The minimum atomic E-state index is -0.465. The molecule has 0 heterocycles. The molecule has 0 atom stereocenters. The molecule has 0 radical (unpaired) electrons. The molecule has 0 spiro atoms. The van der Waals surface area contributed by atoms with E-state index in [0.29, 0.717) is 34.3 Å². The lowest BCUT2D eigenvalue weighted by atomic mass is 10.2. The number of nitrogens with zero attached hydrogens (tertiary/aromatic N) is 1. The molecule has 0 aromatic heterocycles. The van der Waals surface area contributed by atoms with Gasteiger partial charge in [-0.25, -0.2) is 10.2 Å². The maximum atomic E-state index is 12.2. The van der Waals surface area contributed by atoms with Crippen molar-refractivity contribution < 1.29 is 19.1 Å². The topological polar surface area (TPSA) is 77.0 Å². The van der Waals surface area contributed by atoms with Crippen LogP contribution in [0.15, 0.2) is 77.9 Å². The molecule has 3 rings (SSSR count). The summed E-state index contributed by atoms with van der Waals surface area (Å²) < 4.78 is 10.7. The summed E-state index contributed by atoms with van der Waals surface area (Å²) in [6.07, 6.45) is 1.49. The molecule has 3 aromatic carbocycles. The Morgan fingerprint density at radius 2 is 1.67 bits per heavy atom. The van der Waals surface area contributed by atoms with E-state index in [1.165, 1.54) is 6.21 Å². The smallest absolute Gasteiger partial charge is 0.343 e. The van der Waals surface area contributed by atoms with Gasteiger partial charge in [-0.3, -0.25) is 4.79 Å². The minimum Gasteiger partial charge on any atom is -0.494 e. The van der Waals surface area contributed by atoms with Gasteiger partial charge in [-0.1, -0.05) is 17.7 Å². The fraction of sp³-hybridized carbons (Fsp3) is 0.0870. The summed E-state index contributed by atoms with van der Waals surface area (Å²) in [5.74, 6) is 0.261. The van der Waals surface area contributed by atoms with Crippen molar-refractivity contribution in [1.29, 1.82) is 0 Å².